The molecule has 1 aromatic carbocycles. The molecule has 2 rings (SSSR count). The van der Waals surface area contributed by atoms with Crippen molar-refractivity contribution in [2.75, 3.05) is 6.54 Å². The Balaban J connectivity index is 1.78. The summed E-state index contributed by atoms with van der Waals surface area (Å²) >= 11 is 0. The van der Waals surface area contributed by atoms with E-state index in [4.69, 9.17) is 5.11 Å². The number of hydrogen-bond donors (Lipinski definition) is 2. The van der Waals surface area contributed by atoms with E-state index in [1.165, 1.54) is 12.1 Å². The molecular formula is C12H15FN4O. The molecule has 0 bridgehead atoms. The fourth-order valence-electron chi connectivity index (χ4n) is 1.63. The lowest BCUT2D eigenvalue weighted by molar-refractivity contribution is 0.431. The van der Waals surface area contributed by atoms with Crippen molar-refractivity contribution in [3.8, 4) is 5.75 Å². The van der Waals surface area contributed by atoms with Crippen molar-refractivity contribution in [3.63, 3.8) is 0 Å². The van der Waals surface area contributed by atoms with E-state index >= 15 is 0 Å². The molecule has 0 aliphatic rings. The molecule has 0 spiro atoms. The van der Waals surface area contributed by atoms with Gasteiger partial charge in [-0.25, -0.2) is 4.39 Å². The molecule has 0 fully saturated rings. The molecule has 0 unspecified atom stereocenters. The molecule has 0 aliphatic heterocycles. The summed E-state index contributed by atoms with van der Waals surface area (Å²) in [4.78, 5) is 0. The van der Waals surface area contributed by atoms with Crippen LogP contribution >= 0.6 is 0 Å². The summed E-state index contributed by atoms with van der Waals surface area (Å²) in [6.45, 7) is 1.28. The monoisotopic (exact) mass is 250 g/mol. The van der Waals surface area contributed by atoms with Crippen LogP contribution in [0.4, 0.5) is 4.39 Å². The van der Waals surface area contributed by atoms with E-state index in [0.717, 1.165) is 24.4 Å². The minimum atomic E-state index is -0.595. The van der Waals surface area contributed by atoms with E-state index in [0.29, 0.717) is 6.54 Å². The molecule has 2 aromatic rings. The lowest BCUT2D eigenvalue weighted by Crippen LogP contribution is -2.18. The third-order valence-corrected chi connectivity index (χ3v) is 2.67. The largest absolute Gasteiger partial charge is 0.505 e. The third kappa shape index (κ3) is 3.04. The van der Waals surface area contributed by atoms with Crippen LogP contribution < -0.4 is 5.32 Å². The van der Waals surface area contributed by atoms with Crippen molar-refractivity contribution in [1.29, 1.82) is 0 Å². The van der Waals surface area contributed by atoms with Gasteiger partial charge in [0, 0.05) is 26.6 Å². The lowest BCUT2D eigenvalue weighted by atomic mass is 10.2. The second kappa shape index (κ2) is 5.59. The number of nitrogens with zero attached hydrogens (tertiary/aromatic N) is 3. The van der Waals surface area contributed by atoms with Crippen LogP contribution in [0.5, 0.6) is 5.75 Å². The summed E-state index contributed by atoms with van der Waals surface area (Å²) in [6, 6.07) is 4.37. The molecule has 5 nitrogen and oxygen atoms in total. The molecule has 6 heteroatoms. The predicted molar refractivity (Wildman–Crippen MR) is 64.5 cm³/mol. The highest BCUT2D eigenvalue weighted by molar-refractivity contribution is 5.27. The Morgan fingerprint density at radius 1 is 1.44 bits per heavy atom. The van der Waals surface area contributed by atoms with Gasteiger partial charge in [0.25, 0.3) is 0 Å². The van der Waals surface area contributed by atoms with Gasteiger partial charge in [-0.15, -0.1) is 10.2 Å². The normalized spacial score (nSPS) is 10.8. The number of phenolic OH excluding ortho intramolecular Hbond substituents is 1. The molecular weight excluding hydrogens is 235 g/mol. The quantitative estimate of drug-likeness (QED) is 0.777. The topological polar surface area (TPSA) is 63.0 Å². The zero-order chi connectivity index (χ0) is 13.0. The van der Waals surface area contributed by atoms with Crippen LogP contribution in [0.25, 0.3) is 0 Å². The zero-order valence-corrected chi connectivity index (χ0v) is 10.1. The molecule has 1 aromatic heterocycles. The number of benzene rings is 1. The maximum absolute atomic E-state index is 13.1. The molecule has 0 saturated heterocycles. The Hall–Kier alpha value is -1.95. The van der Waals surface area contributed by atoms with Gasteiger partial charge >= 0.3 is 0 Å². The van der Waals surface area contributed by atoms with Gasteiger partial charge in [-0.1, -0.05) is 6.07 Å². The second-order valence-corrected chi connectivity index (χ2v) is 4.07. The van der Waals surface area contributed by atoms with Crippen LogP contribution in [0.3, 0.4) is 0 Å². The van der Waals surface area contributed by atoms with Crippen LogP contribution in [0.1, 0.15) is 11.4 Å². The number of aryl methyl sites for hydroxylation is 1. The van der Waals surface area contributed by atoms with Crippen molar-refractivity contribution in [1.82, 2.24) is 20.1 Å². The van der Waals surface area contributed by atoms with Crippen LogP contribution in [0.2, 0.25) is 0 Å². The van der Waals surface area contributed by atoms with E-state index in [1.54, 1.807) is 12.4 Å². The van der Waals surface area contributed by atoms with E-state index in [9.17, 15) is 4.39 Å². The summed E-state index contributed by atoms with van der Waals surface area (Å²) in [5.41, 5.74) is 0.795. The first-order chi connectivity index (χ1) is 8.66. The molecule has 18 heavy (non-hydrogen) atoms. The highest BCUT2D eigenvalue weighted by atomic mass is 19.1. The summed E-state index contributed by atoms with van der Waals surface area (Å²) in [6.07, 6.45) is 2.42. The summed E-state index contributed by atoms with van der Waals surface area (Å²) in [7, 11) is 1.89. The first kappa shape index (κ1) is 12.5. The lowest BCUT2D eigenvalue weighted by Gasteiger charge is -2.05. The number of hydrogen-bond acceptors (Lipinski definition) is 4. The van der Waals surface area contributed by atoms with E-state index < -0.39 is 5.82 Å². The van der Waals surface area contributed by atoms with E-state index in [2.05, 4.69) is 15.5 Å². The van der Waals surface area contributed by atoms with Crippen molar-refractivity contribution >= 4 is 0 Å². The van der Waals surface area contributed by atoms with Crippen LogP contribution in [-0.4, -0.2) is 26.4 Å². The number of halogens is 1. The van der Waals surface area contributed by atoms with Crippen LogP contribution in [0.15, 0.2) is 24.5 Å². The molecule has 0 saturated carbocycles. The van der Waals surface area contributed by atoms with E-state index in [1.807, 2.05) is 11.6 Å². The molecule has 2 N–H and O–H groups in total. The first-order valence-electron chi connectivity index (χ1n) is 5.68. The number of phenols is 1. The van der Waals surface area contributed by atoms with E-state index in [-0.39, 0.29) is 5.75 Å². The molecule has 0 aliphatic carbocycles. The fraction of sp³-hybridized carbons (Fsp3) is 0.333. The second-order valence-electron chi connectivity index (χ2n) is 4.07. The van der Waals surface area contributed by atoms with Gasteiger partial charge in [-0.3, -0.25) is 0 Å². The number of nitrogens with one attached hydrogen (secondary N) is 1. The zero-order valence-electron chi connectivity index (χ0n) is 10.1. The van der Waals surface area contributed by atoms with Gasteiger partial charge in [-0.05, 0) is 17.7 Å². The Kier molecular flexibility index (Phi) is 3.88. The highest BCUT2D eigenvalue weighted by Crippen LogP contribution is 2.15. The third-order valence-electron chi connectivity index (χ3n) is 2.67. The maximum Gasteiger partial charge on any atom is 0.165 e. The smallest absolute Gasteiger partial charge is 0.165 e. The Morgan fingerprint density at radius 2 is 2.28 bits per heavy atom. The first-order valence-corrected chi connectivity index (χ1v) is 5.68. The minimum absolute atomic E-state index is 0.321. The summed E-state index contributed by atoms with van der Waals surface area (Å²) < 4.78 is 14.9. The molecule has 1 heterocycles. The van der Waals surface area contributed by atoms with Crippen molar-refractivity contribution in [2.45, 2.75) is 13.0 Å². The van der Waals surface area contributed by atoms with Crippen molar-refractivity contribution in [2.24, 2.45) is 7.05 Å². The number of rotatable bonds is 5. The van der Waals surface area contributed by atoms with Crippen LogP contribution in [0, 0.1) is 5.82 Å². The predicted octanol–water partition coefficient (Wildman–Crippen LogP) is 0.992. The Labute approximate surface area is 104 Å². The molecule has 96 valence electrons. The highest BCUT2D eigenvalue weighted by Gasteiger charge is 2.02. The SMILES string of the molecule is Cn1cnnc1CCNCc1ccc(O)c(F)c1. The van der Waals surface area contributed by atoms with Gasteiger partial charge < -0.3 is 15.0 Å². The van der Waals surface area contributed by atoms with Gasteiger partial charge in [-0.2, -0.15) is 0 Å². The minimum Gasteiger partial charge on any atom is -0.505 e. The molecule has 0 atom stereocenters. The summed E-state index contributed by atoms with van der Waals surface area (Å²) in [5.74, 6) is -0.0141. The standard InChI is InChI=1S/C12H15FN4O/c1-17-8-15-16-12(17)4-5-14-7-9-2-3-11(18)10(13)6-9/h2-3,6,8,14,18H,4-5,7H2,1H3. The van der Waals surface area contributed by atoms with Gasteiger partial charge in [0.1, 0.15) is 12.2 Å². The van der Waals surface area contributed by atoms with Crippen molar-refractivity contribution < 1.29 is 9.50 Å². The summed E-state index contributed by atoms with van der Waals surface area (Å²) in [5, 5.41) is 20.0. The average Bonchev–Trinajstić information content (AvgIpc) is 2.75. The molecule has 0 amide bonds. The number of aromatic nitrogens is 3. The Morgan fingerprint density at radius 3 is 2.94 bits per heavy atom. The van der Waals surface area contributed by atoms with Gasteiger partial charge in [0.05, 0.1) is 0 Å². The van der Waals surface area contributed by atoms with Crippen molar-refractivity contribution in [3.05, 3.63) is 41.7 Å². The van der Waals surface area contributed by atoms with Crippen LogP contribution in [-0.2, 0) is 20.0 Å². The average molecular weight is 250 g/mol. The number of aromatic hydroxyl groups is 1. The van der Waals surface area contributed by atoms with Gasteiger partial charge in [0.15, 0.2) is 11.6 Å². The van der Waals surface area contributed by atoms with Gasteiger partial charge in [0.2, 0.25) is 0 Å². The maximum atomic E-state index is 13.1. The Bertz CT molecular complexity index is 527. The molecule has 0 radical (unpaired) electrons. The fourth-order valence-corrected chi connectivity index (χ4v) is 1.63.